The Labute approximate surface area is 192 Å². The van der Waals surface area contributed by atoms with E-state index in [1.54, 1.807) is 60.4 Å². The second-order valence-corrected chi connectivity index (χ2v) is 7.97. The number of carbonyl (C=O) groups excluding carboxylic acids is 2. The van der Waals surface area contributed by atoms with Crippen LogP contribution < -0.4 is 4.90 Å². The van der Waals surface area contributed by atoms with Gasteiger partial charge in [0.15, 0.2) is 0 Å². The minimum absolute atomic E-state index is 0.184. The van der Waals surface area contributed by atoms with Gasteiger partial charge in [0.25, 0.3) is 5.91 Å². The van der Waals surface area contributed by atoms with Crippen LogP contribution in [0.2, 0.25) is 10.0 Å². The molecule has 3 aromatic carbocycles. The molecule has 0 aliphatic heterocycles. The Morgan fingerprint density at radius 3 is 2.06 bits per heavy atom. The van der Waals surface area contributed by atoms with Crippen molar-refractivity contribution in [2.75, 3.05) is 11.5 Å². The van der Waals surface area contributed by atoms with Crippen molar-refractivity contribution in [2.24, 2.45) is 0 Å². The summed E-state index contributed by atoms with van der Waals surface area (Å²) in [5.41, 5.74) is 4.38. The zero-order chi connectivity index (χ0) is 22.5. The summed E-state index contributed by atoms with van der Waals surface area (Å²) in [5, 5.41) is 0.960. The predicted octanol–water partition coefficient (Wildman–Crippen LogP) is 6.63. The van der Waals surface area contributed by atoms with E-state index in [1.807, 2.05) is 26.0 Å². The van der Waals surface area contributed by atoms with Gasteiger partial charge in [-0.15, -0.1) is 0 Å². The van der Waals surface area contributed by atoms with Gasteiger partial charge < -0.3 is 9.64 Å². The minimum atomic E-state index is -0.407. The van der Waals surface area contributed by atoms with E-state index in [-0.39, 0.29) is 12.5 Å². The summed E-state index contributed by atoms with van der Waals surface area (Å²) in [7, 11) is 0. The molecule has 6 heteroatoms. The summed E-state index contributed by atoms with van der Waals surface area (Å²) in [6.07, 6.45) is 0. The number of benzene rings is 3. The van der Waals surface area contributed by atoms with Crippen molar-refractivity contribution in [3.8, 4) is 0 Å². The quantitative estimate of drug-likeness (QED) is 0.391. The summed E-state index contributed by atoms with van der Waals surface area (Å²) >= 11 is 12.8. The maximum Gasteiger partial charge on any atom is 0.338 e. The molecule has 0 unspecified atom stereocenters. The van der Waals surface area contributed by atoms with Gasteiger partial charge in [0.2, 0.25) is 0 Å². The van der Waals surface area contributed by atoms with E-state index in [9.17, 15) is 9.59 Å². The van der Waals surface area contributed by atoms with Crippen molar-refractivity contribution in [1.29, 1.82) is 0 Å². The third kappa shape index (κ3) is 5.27. The molecule has 0 heterocycles. The average molecular weight is 456 g/mol. The van der Waals surface area contributed by atoms with Crippen LogP contribution in [0.25, 0.3) is 0 Å². The van der Waals surface area contributed by atoms with Crippen molar-refractivity contribution in [1.82, 2.24) is 0 Å². The van der Waals surface area contributed by atoms with E-state index < -0.39 is 5.97 Å². The van der Waals surface area contributed by atoms with Crippen LogP contribution in [0, 0.1) is 13.8 Å². The molecule has 31 heavy (non-hydrogen) atoms. The van der Waals surface area contributed by atoms with Crippen LogP contribution in [0.3, 0.4) is 0 Å². The van der Waals surface area contributed by atoms with Crippen LogP contribution in [0.15, 0.2) is 60.7 Å². The smallest absolute Gasteiger partial charge is 0.338 e. The zero-order valence-electron chi connectivity index (χ0n) is 17.6. The van der Waals surface area contributed by atoms with E-state index in [0.717, 1.165) is 11.1 Å². The van der Waals surface area contributed by atoms with Crippen molar-refractivity contribution in [3.05, 3.63) is 98.5 Å². The number of amides is 1. The molecule has 0 N–H and O–H groups in total. The van der Waals surface area contributed by atoms with Crippen LogP contribution in [0.4, 0.5) is 5.69 Å². The highest BCUT2D eigenvalue weighted by atomic mass is 35.5. The monoisotopic (exact) mass is 455 g/mol. The molecule has 4 nitrogen and oxygen atoms in total. The lowest BCUT2D eigenvalue weighted by atomic mass is 10.0. The lowest BCUT2D eigenvalue weighted by Crippen LogP contribution is -2.31. The second-order valence-electron chi connectivity index (χ2n) is 7.16. The van der Waals surface area contributed by atoms with Crippen LogP contribution >= 0.6 is 23.2 Å². The molecular weight excluding hydrogens is 433 g/mol. The average Bonchev–Trinajstić information content (AvgIpc) is 2.75. The summed E-state index contributed by atoms with van der Waals surface area (Å²) in [5.74, 6) is -0.599. The number of carbonyl (C=O) groups is 2. The van der Waals surface area contributed by atoms with Gasteiger partial charge in [-0.3, -0.25) is 4.79 Å². The highest BCUT2D eigenvalue weighted by Gasteiger charge is 2.21. The van der Waals surface area contributed by atoms with Gasteiger partial charge in [0.1, 0.15) is 0 Å². The fraction of sp³-hybridized carbons (Fsp3) is 0.200. The number of anilines is 1. The number of esters is 1. The van der Waals surface area contributed by atoms with Gasteiger partial charge in [0.05, 0.1) is 18.7 Å². The molecule has 0 atom stereocenters. The molecule has 0 radical (unpaired) electrons. The van der Waals surface area contributed by atoms with Gasteiger partial charge in [-0.2, -0.15) is 0 Å². The highest BCUT2D eigenvalue weighted by Crippen LogP contribution is 2.29. The van der Waals surface area contributed by atoms with E-state index >= 15 is 0 Å². The van der Waals surface area contributed by atoms with Gasteiger partial charge in [0, 0.05) is 26.9 Å². The molecule has 1 amide bonds. The molecular formula is C25H23Cl2NO3. The van der Waals surface area contributed by atoms with Gasteiger partial charge in [-0.05, 0) is 80.4 Å². The zero-order valence-corrected chi connectivity index (χ0v) is 19.1. The van der Waals surface area contributed by atoms with Crippen molar-refractivity contribution >= 4 is 40.8 Å². The van der Waals surface area contributed by atoms with Crippen LogP contribution in [-0.2, 0) is 11.3 Å². The van der Waals surface area contributed by atoms with Gasteiger partial charge >= 0.3 is 5.97 Å². The number of rotatable bonds is 6. The molecule has 3 aromatic rings. The first kappa shape index (κ1) is 22.9. The van der Waals surface area contributed by atoms with E-state index in [1.165, 1.54) is 0 Å². The number of halogens is 2. The number of ether oxygens (including phenoxy) is 1. The Balaban J connectivity index is 2.02. The van der Waals surface area contributed by atoms with Crippen molar-refractivity contribution < 1.29 is 14.3 Å². The summed E-state index contributed by atoms with van der Waals surface area (Å²) < 4.78 is 5.04. The first-order chi connectivity index (χ1) is 14.8. The topological polar surface area (TPSA) is 46.6 Å². The standard InChI is InChI=1S/C25H23Cl2NO3/c1-4-31-25(30)18-10-12-20(13-11-18)28(15-21-22(26)6-5-7-23(21)27)24(29)19-9-8-16(2)17(3)14-19/h5-14H,4,15H2,1-3H3. The Bertz CT molecular complexity index is 1090. The molecule has 160 valence electrons. The molecule has 0 spiro atoms. The molecule has 3 rings (SSSR count). The summed E-state index contributed by atoms with van der Waals surface area (Å²) in [4.78, 5) is 27.1. The molecule has 0 saturated carbocycles. The molecule has 0 fully saturated rings. The first-order valence-electron chi connectivity index (χ1n) is 9.91. The largest absolute Gasteiger partial charge is 0.462 e. The van der Waals surface area contributed by atoms with Crippen molar-refractivity contribution in [2.45, 2.75) is 27.3 Å². The SMILES string of the molecule is CCOC(=O)c1ccc(N(Cc2c(Cl)cccc2Cl)C(=O)c2ccc(C)c(C)c2)cc1. The molecule has 0 aromatic heterocycles. The number of hydrogen-bond acceptors (Lipinski definition) is 3. The summed E-state index contributed by atoms with van der Waals surface area (Å²) in [6, 6.07) is 17.6. The fourth-order valence-corrected chi connectivity index (χ4v) is 3.66. The van der Waals surface area contributed by atoms with Gasteiger partial charge in [-0.1, -0.05) is 35.3 Å². The van der Waals surface area contributed by atoms with E-state index in [0.29, 0.717) is 39.0 Å². The van der Waals surface area contributed by atoms with Gasteiger partial charge in [-0.25, -0.2) is 4.79 Å². The first-order valence-corrected chi connectivity index (χ1v) is 10.7. The minimum Gasteiger partial charge on any atom is -0.462 e. The number of hydrogen-bond donors (Lipinski definition) is 0. The maximum absolute atomic E-state index is 13.5. The Morgan fingerprint density at radius 1 is 0.871 bits per heavy atom. The summed E-state index contributed by atoms with van der Waals surface area (Å²) in [6.45, 7) is 6.20. The Kier molecular flexibility index (Phi) is 7.37. The second kappa shape index (κ2) is 9.99. The number of nitrogens with zero attached hydrogens (tertiary/aromatic N) is 1. The molecule has 0 saturated heterocycles. The normalized spacial score (nSPS) is 10.6. The third-order valence-corrected chi connectivity index (χ3v) is 5.78. The Hall–Kier alpha value is -2.82. The predicted molar refractivity (Wildman–Crippen MR) is 125 cm³/mol. The van der Waals surface area contributed by atoms with E-state index in [2.05, 4.69) is 0 Å². The lowest BCUT2D eigenvalue weighted by molar-refractivity contribution is 0.0526. The molecule has 0 aliphatic carbocycles. The molecule has 0 bridgehead atoms. The Morgan fingerprint density at radius 2 is 1.48 bits per heavy atom. The molecule has 0 aliphatic rings. The fourth-order valence-electron chi connectivity index (χ4n) is 3.14. The van der Waals surface area contributed by atoms with Crippen molar-refractivity contribution in [3.63, 3.8) is 0 Å². The number of aryl methyl sites for hydroxylation is 2. The lowest BCUT2D eigenvalue weighted by Gasteiger charge is -2.25. The van der Waals surface area contributed by atoms with Crippen LogP contribution in [0.1, 0.15) is 44.3 Å². The highest BCUT2D eigenvalue weighted by molar-refractivity contribution is 6.36. The third-order valence-electron chi connectivity index (χ3n) is 5.07. The van der Waals surface area contributed by atoms with Crippen LogP contribution in [-0.4, -0.2) is 18.5 Å². The maximum atomic E-state index is 13.5. The van der Waals surface area contributed by atoms with Crippen LogP contribution in [0.5, 0.6) is 0 Å². The van der Waals surface area contributed by atoms with E-state index in [4.69, 9.17) is 27.9 Å².